The second-order valence-corrected chi connectivity index (χ2v) is 6.29. The predicted molar refractivity (Wildman–Crippen MR) is 89.7 cm³/mol. The summed E-state index contributed by atoms with van der Waals surface area (Å²) >= 11 is 0. The maximum atomic E-state index is 12.5. The van der Waals surface area contributed by atoms with Crippen LogP contribution in [0.4, 0.5) is 0 Å². The third kappa shape index (κ3) is 1.90. The summed E-state index contributed by atoms with van der Waals surface area (Å²) in [5.74, 6) is 0.759. The van der Waals surface area contributed by atoms with E-state index in [0.717, 1.165) is 40.8 Å². The summed E-state index contributed by atoms with van der Waals surface area (Å²) in [6.07, 6.45) is 3.25. The molecule has 1 aromatic rings. The van der Waals surface area contributed by atoms with Crippen LogP contribution in [-0.4, -0.2) is 43.6 Å². The zero-order chi connectivity index (χ0) is 17.0. The van der Waals surface area contributed by atoms with Gasteiger partial charge in [0.1, 0.15) is 0 Å². The summed E-state index contributed by atoms with van der Waals surface area (Å²) in [6.45, 7) is 0.880. The van der Waals surface area contributed by atoms with E-state index in [9.17, 15) is 9.90 Å². The lowest BCUT2D eigenvalue weighted by Crippen LogP contribution is -2.32. The van der Waals surface area contributed by atoms with Crippen LogP contribution in [0, 0.1) is 0 Å². The van der Waals surface area contributed by atoms with E-state index in [0.29, 0.717) is 17.9 Å². The number of likely N-dealkylation sites (N-methyl/N-ethyl adjacent to an activating group) is 1. The normalized spacial score (nSPS) is 19.0. The van der Waals surface area contributed by atoms with E-state index in [1.165, 1.54) is 19.9 Å². The highest BCUT2D eigenvalue weighted by molar-refractivity contribution is 6.15. The lowest BCUT2D eigenvalue weighted by molar-refractivity contribution is -0.114. The highest BCUT2D eigenvalue weighted by Crippen LogP contribution is 2.49. The number of rotatable bonds is 2. The lowest BCUT2D eigenvalue weighted by atomic mass is 9.75. The van der Waals surface area contributed by atoms with Crippen molar-refractivity contribution in [3.8, 4) is 11.5 Å². The first-order valence-corrected chi connectivity index (χ1v) is 7.93. The van der Waals surface area contributed by atoms with Crippen LogP contribution in [0.15, 0.2) is 40.8 Å². The molecule has 24 heavy (non-hydrogen) atoms. The molecule has 0 fully saturated rings. The second kappa shape index (κ2) is 5.16. The van der Waals surface area contributed by atoms with Gasteiger partial charge in [0, 0.05) is 36.9 Å². The minimum Gasteiger partial charge on any atom is -0.504 e. The SMILES string of the molecule is COC1=C2C3=C(Cc4cc(O)c(OC)cc42)N(C)CCC3=CC1=O. The molecule has 5 nitrogen and oxygen atoms in total. The maximum Gasteiger partial charge on any atom is 0.221 e. The number of phenolic OH excluding ortho intramolecular Hbond substituents is 1. The Morgan fingerprint density at radius 3 is 2.67 bits per heavy atom. The van der Waals surface area contributed by atoms with E-state index in [2.05, 4.69) is 11.9 Å². The van der Waals surface area contributed by atoms with Crippen LogP contribution in [0.25, 0.3) is 5.57 Å². The van der Waals surface area contributed by atoms with Gasteiger partial charge in [0.05, 0.1) is 14.2 Å². The Labute approximate surface area is 140 Å². The van der Waals surface area contributed by atoms with E-state index >= 15 is 0 Å². The zero-order valence-corrected chi connectivity index (χ0v) is 14.0. The van der Waals surface area contributed by atoms with E-state index in [4.69, 9.17) is 9.47 Å². The quantitative estimate of drug-likeness (QED) is 0.905. The number of nitrogens with zero attached hydrogens (tertiary/aromatic N) is 1. The number of carbonyl (C=O) groups is 1. The average Bonchev–Trinajstić information content (AvgIpc) is 2.57. The van der Waals surface area contributed by atoms with Crippen molar-refractivity contribution in [1.29, 1.82) is 0 Å². The summed E-state index contributed by atoms with van der Waals surface area (Å²) in [7, 11) is 5.11. The fraction of sp³-hybridized carbons (Fsp3) is 0.316. The second-order valence-electron chi connectivity index (χ2n) is 6.29. The number of allylic oxidation sites excluding steroid dienone is 4. The summed E-state index contributed by atoms with van der Waals surface area (Å²) in [5, 5.41) is 10.1. The number of phenols is 1. The summed E-state index contributed by atoms with van der Waals surface area (Å²) in [6, 6.07) is 3.52. The number of benzene rings is 1. The first kappa shape index (κ1) is 14.9. The van der Waals surface area contributed by atoms with Gasteiger partial charge in [-0.15, -0.1) is 0 Å². The van der Waals surface area contributed by atoms with Crippen molar-refractivity contribution >= 4 is 11.4 Å². The lowest BCUT2D eigenvalue weighted by Gasteiger charge is -2.39. The number of ketones is 1. The molecule has 0 aromatic heterocycles. The molecule has 1 aliphatic heterocycles. The van der Waals surface area contributed by atoms with E-state index in [1.807, 2.05) is 0 Å². The Morgan fingerprint density at radius 2 is 1.96 bits per heavy atom. The molecule has 2 aliphatic carbocycles. The fourth-order valence-corrected chi connectivity index (χ4v) is 3.85. The number of aromatic hydroxyl groups is 1. The number of ether oxygens (including phenoxy) is 2. The van der Waals surface area contributed by atoms with Gasteiger partial charge in [0.25, 0.3) is 0 Å². The van der Waals surface area contributed by atoms with Gasteiger partial charge < -0.3 is 19.5 Å². The predicted octanol–water partition coefficient (Wildman–Crippen LogP) is 2.41. The maximum absolute atomic E-state index is 12.5. The minimum absolute atomic E-state index is 0.102. The number of hydrogen-bond acceptors (Lipinski definition) is 5. The molecule has 0 bridgehead atoms. The van der Waals surface area contributed by atoms with Crippen molar-refractivity contribution in [3.63, 3.8) is 0 Å². The molecule has 5 heteroatoms. The molecule has 4 rings (SSSR count). The number of fused-ring (bicyclic) bond motifs is 2. The van der Waals surface area contributed by atoms with E-state index < -0.39 is 0 Å². The molecule has 3 aliphatic rings. The van der Waals surface area contributed by atoms with Crippen LogP contribution in [-0.2, 0) is 16.0 Å². The summed E-state index contributed by atoms with van der Waals surface area (Å²) < 4.78 is 10.7. The molecule has 1 heterocycles. The molecular weight excluding hydrogens is 306 g/mol. The standard InChI is InChI=1S/C19H19NO4/c1-20-5-4-10-7-15(22)19(24-3)18-12-9-16(23-2)14(21)8-11(12)6-13(20)17(10)18/h7-9,21H,4-6H2,1-3H3. The highest BCUT2D eigenvalue weighted by Gasteiger charge is 2.37. The molecule has 1 N–H and O–H groups in total. The fourth-order valence-electron chi connectivity index (χ4n) is 3.85. The van der Waals surface area contributed by atoms with Gasteiger partial charge >= 0.3 is 0 Å². The molecule has 1 aromatic carbocycles. The van der Waals surface area contributed by atoms with Crippen molar-refractivity contribution in [3.05, 3.63) is 51.9 Å². The van der Waals surface area contributed by atoms with Crippen molar-refractivity contribution < 1.29 is 19.4 Å². The molecule has 124 valence electrons. The molecule has 0 amide bonds. The zero-order valence-electron chi connectivity index (χ0n) is 14.0. The number of hydrogen-bond donors (Lipinski definition) is 1. The van der Waals surface area contributed by atoms with Crippen LogP contribution < -0.4 is 4.74 Å². The van der Waals surface area contributed by atoms with Gasteiger partial charge in [-0.2, -0.15) is 0 Å². The summed E-state index contributed by atoms with van der Waals surface area (Å²) in [4.78, 5) is 14.7. The van der Waals surface area contributed by atoms with E-state index in [-0.39, 0.29) is 11.5 Å². The number of methoxy groups -OCH3 is 2. The molecule has 0 unspecified atom stereocenters. The van der Waals surface area contributed by atoms with Crippen LogP contribution in [0.5, 0.6) is 11.5 Å². The molecule has 0 spiro atoms. The highest BCUT2D eigenvalue weighted by atomic mass is 16.5. The smallest absolute Gasteiger partial charge is 0.221 e. The molecule has 0 saturated carbocycles. The molecular formula is C19H19NO4. The van der Waals surface area contributed by atoms with Crippen molar-refractivity contribution in [2.75, 3.05) is 27.8 Å². The van der Waals surface area contributed by atoms with Gasteiger partial charge in [-0.05, 0) is 41.3 Å². The monoisotopic (exact) mass is 325 g/mol. The van der Waals surface area contributed by atoms with Crippen molar-refractivity contribution in [2.45, 2.75) is 12.8 Å². The van der Waals surface area contributed by atoms with E-state index in [1.54, 1.807) is 18.2 Å². The van der Waals surface area contributed by atoms with Gasteiger partial charge in [-0.3, -0.25) is 4.79 Å². The van der Waals surface area contributed by atoms with Gasteiger partial charge in [0.15, 0.2) is 17.3 Å². The Bertz CT molecular complexity index is 860. The Hall–Kier alpha value is -2.69. The molecule has 0 saturated heterocycles. The molecule has 0 atom stereocenters. The third-order valence-electron chi connectivity index (χ3n) is 5.03. The van der Waals surface area contributed by atoms with Gasteiger partial charge in [0.2, 0.25) is 5.78 Å². The van der Waals surface area contributed by atoms with Crippen molar-refractivity contribution in [2.24, 2.45) is 0 Å². The van der Waals surface area contributed by atoms with Crippen LogP contribution in [0.2, 0.25) is 0 Å². The Kier molecular flexibility index (Phi) is 3.20. The summed E-state index contributed by atoms with van der Waals surface area (Å²) in [5.41, 5.74) is 6.03. The Balaban J connectivity index is 2.05. The van der Waals surface area contributed by atoms with Crippen molar-refractivity contribution in [1.82, 2.24) is 4.90 Å². The number of carbonyl (C=O) groups excluding carboxylic acids is 1. The van der Waals surface area contributed by atoms with Gasteiger partial charge in [-0.25, -0.2) is 0 Å². The van der Waals surface area contributed by atoms with Crippen LogP contribution in [0.1, 0.15) is 17.5 Å². The topological polar surface area (TPSA) is 59.0 Å². The Morgan fingerprint density at radius 1 is 1.17 bits per heavy atom. The third-order valence-corrected chi connectivity index (χ3v) is 5.03. The van der Waals surface area contributed by atoms with Crippen LogP contribution in [0.3, 0.4) is 0 Å². The van der Waals surface area contributed by atoms with Gasteiger partial charge in [-0.1, -0.05) is 0 Å². The first-order chi connectivity index (χ1) is 11.5. The van der Waals surface area contributed by atoms with Crippen LogP contribution >= 0.6 is 0 Å². The first-order valence-electron chi connectivity index (χ1n) is 7.93. The largest absolute Gasteiger partial charge is 0.504 e. The minimum atomic E-state index is -0.102. The average molecular weight is 325 g/mol. The molecule has 0 radical (unpaired) electrons.